The molecular formula is C14H19N3O4. The molecule has 0 saturated heterocycles. The van der Waals surface area contributed by atoms with Crippen LogP contribution in [-0.2, 0) is 6.42 Å². The number of nitrogens with one attached hydrogen (secondary N) is 2. The van der Waals surface area contributed by atoms with Crippen LogP contribution in [0.2, 0.25) is 0 Å². The summed E-state index contributed by atoms with van der Waals surface area (Å²) in [4.78, 5) is 22.2. The molecule has 114 valence electrons. The quantitative estimate of drug-likeness (QED) is 0.571. The number of nitrogens with zero attached hydrogens (tertiary/aromatic N) is 1. The Kier molecular flexibility index (Phi) is 4.42. The first-order valence-corrected chi connectivity index (χ1v) is 6.98. The van der Waals surface area contributed by atoms with Gasteiger partial charge in [-0.05, 0) is 31.7 Å². The minimum absolute atomic E-state index is 0.00655. The number of benzene rings is 1. The van der Waals surface area contributed by atoms with Crippen molar-refractivity contribution in [1.29, 1.82) is 0 Å². The number of nitro benzene ring substituents is 1. The summed E-state index contributed by atoms with van der Waals surface area (Å²) in [5, 5.41) is 26.0. The highest BCUT2D eigenvalue weighted by Gasteiger charge is 2.34. The molecular weight excluding hydrogens is 274 g/mol. The molecule has 2 rings (SSSR count). The van der Waals surface area contributed by atoms with Crippen molar-refractivity contribution in [3.8, 4) is 0 Å². The first-order valence-electron chi connectivity index (χ1n) is 6.98. The zero-order valence-electron chi connectivity index (χ0n) is 11.9. The molecule has 0 atom stereocenters. The number of nitro groups is 1. The van der Waals surface area contributed by atoms with Crippen LogP contribution in [-0.4, -0.2) is 28.2 Å². The third kappa shape index (κ3) is 3.69. The number of amides is 2. The van der Waals surface area contributed by atoms with Crippen molar-refractivity contribution in [3.63, 3.8) is 0 Å². The van der Waals surface area contributed by atoms with Gasteiger partial charge in [-0.2, -0.15) is 0 Å². The van der Waals surface area contributed by atoms with E-state index in [4.69, 9.17) is 0 Å². The second kappa shape index (κ2) is 6.09. The lowest BCUT2D eigenvalue weighted by atomic mass is 9.80. The number of carbonyl (C=O) groups is 1. The maximum atomic E-state index is 11.7. The van der Waals surface area contributed by atoms with Gasteiger partial charge < -0.3 is 15.7 Å². The van der Waals surface area contributed by atoms with Crippen LogP contribution in [0.4, 0.5) is 16.2 Å². The molecule has 1 fully saturated rings. The van der Waals surface area contributed by atoms with E-state index in [9.17, 15) is 20.0 Å². The van der Waals surface area contributed by atoms with Crippen molar-refractivity contribution < 1.29 is 14.8 Å². The molecule has 0 bridgehead atoms. The maximum Gasteiger partial charge on any atom is 0.319 e. The summed E-state index contributed by atoms with van der Waals surface area (Å²) in [6, 6.07) is 4.13. The molecule has 3 N–H and O–H groups in total. The van der Waals surface area contributed by atoms with E-state index >= 15 is 0 Å². The molecule has 0 aliphatic heterocycles. The Labute approximate surface area is 122 Å². The second-order valence-corrected chi connectivity index (χ2v) is 5.34. The number of anilines is 1. The number of rotatable bonds is 5. The Balaban J connectivity index is 1.97. The van der Waals surface area contributed by atoms with Gasteiger partial charge in [0.05, 0.1) is 10.5 Å². The highest BCUT2D eigenvalue weighted by Crippen LogP contribution is 2.30. The fourth-order valence-corrected chi connectivity index (χ4v) is 2.29. The number of hydrogen-bond donors (Lipinski definition) is 3. The van der Waals surface area contributed by atoms with Crippen LogP contribution in [0.1, 0.15) is 31.7 Å². The SMILES string of the molecule is CCc1ccc(NC(=O)NCC2(O)CCC2)cc1[N+](=O)[O-]. The van der Waals surface area contributed by atoms with E-state index in [-0.39, 0.29) is 12.2 Å². The van der Waals surface area contributed by atoms with E-state index in [1.165, 1.54) is 6.07 Å². The molecule has 1 aliphatic rings. The van der Waals surface area contributed by atoms with Gasteiger partial charge in [0.15, 0.2) is 0 Å². The second-order valence-electron chi connectivity index (χ2n) is 5.34. The molecule has 0 unspecified atom stereocenters. The van der Waals surface area contributed by atoms with Gasteiger partial charge in [0.25, 0.3) is 5.69 Å². The van der Waals surface area contributed by atoms with Crippen molar-refractivity contribution in [3.05, 3.63) is 33.9 Å². The first kappa shape index (κ1) is 15.2. The summed E-state index contributed by atoms with van der Waals surface area (Å²) in [5.74, 6) is 0. The standard InChI is InChI=1S/C14H19N3O4/c1-2-10-4-5-11(8-12(10)17(20)21)16-13(18)15-9-14(19)6-3-7-14/h4-5,8,19H,2-3,6-7,9H2,1H3,(H2,15,16,18). The van der Waals surface area contributed by atoms with Crippen LogP contribution in [0, 0.1) is 10.1 Å². The highest BCUT2D eigenvalue weighted by atomic mass is 16.6. The lowest BCUT2D eigenvalue weighted by Gasteiger charge is -2.36. The summed E-state index contributed by atoms with van der Waals surface area (Å²) in [5.41, 5.74) is 0.176. The van der Waals surface area contributed by atoms with Gasteiger partial charge in [-0.15, -0.1) is 0 Å². The molecule has 0 aromatic heterocycles. The zero-order valence-corrected chi connectivity index (χ0v) is 11.9. The van der Waals surface area contributed by atoms with Crippen molar-refractivity contribution in [1.82, 2.24) is 5.32 Å². The summed E-state index contributed by atoms with van der Waals surface area (Å²) < 4.78 is 0. The number of urea groups is 1. The molecule has 21 heavy (non-hydrogen) atoms. The zero-order chi connectivity index (χ0) is 15.5. The van der Waals surface area contributed by atoms with E-state index in [1.54, 1.807) is 12.1 Å². The average molecular weight is 293 g/mol. The number of carbonyl (C=O) groups excluding carboxylic acids is 1. The number of aliphatic hydroxyl groups is 1. The largest absolute Gasteiger partial charge is 0.388 e. The normalized spacial score (nSPS) is 15.9. The van der Waals surface area contributed by atoms with E-state index in [0.717, 1.165) is 6.42 Å². The Morgan fingerprint density at radius 2 is 2.19 bits per heavy atom. The van der Waals surface area contributed by atoms with Crippen LogP contribution < -0.4 is 10.6 Å². The van der Waals surface area contributed by atoms with Crippen molar-refractivity contribution >= 4 is 17.4 Å². The monoisotopic (exact) mass is 293 g/mol. The summed E-state index contributed by atoms with van der Waals surface area (Å²) >= 11 is 0. The first-order chi connectivity index (χ1) is 9.93. The van der Waals surface area contributed by atoms with Gasteiger partial charge in [-0.1, -0.05) is 13.0 Å². The lowest BCUT2D eigenvalue weighted by Crippen LogP contribution is -2.48. The lowest BCUT2D eigenvalue weighted by molar-refractivity contribution is -0.385. The Bertz CT molecular complexity index is 555. The Morgan fingerprint density at radius 1 is 1.48 bits per heavy atom. The van der Waals surface area contributed by atoms with Crippen molar-refractivity contribution in [2.24, 2.45) is 0 Å². The van der Waals surface area contributed by atoms with Gasteiger partial charge in [-0.3, -0.25) is 10.1 Å². The van der Waals surface area contributed by atoms with Crippen LogP contribution >= 0.6 is 0 Å². The van der Waals surface area contributed by atoms with Gasteiger partial charge in [-0.25, -0.2) is 4.79 Å². The van der Waals surface area contributed by atoms with Gasteiger partial charge in [0, 0.05) is 23.9 Å². The van der Waals surface area contributed by atoms with E-state index < -0.39 is 16.6 Å². The summed E-state index contributed by atoms with van der Waals surface area (Å²) in [6.07, 6.45) is 2.88. The predicted octanol–water partition coefficient (Wildman–Crippen LogP) is 2.19. The highest BCUT2D eigenvalue weighted by molar-refractivity contribution is 5.89. The number of aryl methyl sites for hydroxylation is 1. The molecule has 2 amide bonds. The van der Waals surface area contributed by atoms with Crippen LogP contribution in [0.3, 0.4) is 0 Å². The molecule has 7 nitrogen and oxygen atoms in total. The average Bonchev–Trinajstić information content (AvgIpc) is 2.43. The molecule has 0 heterocycles. The molecule has 1 aliphatic carbocycles. The topological polar surface area (TPSA) is 104 Å². The minimum atomic E-state index is -0.796. The maximum absolute atomic E-state index is 11.7. The van der Waals surface area contributed by atoms with E-state index in [0.29, 0.717) is 30.5 Å². The van der Waals surface area contributed by atoms with Crippen molar-refractivity contribution in [2.45, 2.75) is 38.2 Å². The fourth-order valence-electron chi connectivity index (χ4n) is 2.29. The van der Waals surface area contributed by atoms with E-state index in [2.05, 4.69) is 10.6 Å². The van der Waals surface area contributed by atoms with Gasteiger partial charge in [0.2, 0.25) is 0 Å². The van der Waals surface area contributed by atoms with Crippen LogP contribution in [0.5, 0.6) is 0 Å². The van der Waals surface area contributed by atoms with E-state index in [1.807, 2.05) is 6.92 Å². The van der Waals surface area contributed by atoms with Crippen LogP contribution in [0.15, 0.2) is 18.2 Å². The van der Waals surface area contributed by atoms with Gasteiger partial charge in [0.1, 0.15) is 0 Å². The third-order valence-corrected chi connectivity index (χ3v) is 3.78. The molecule has 0 spiro atoms. The Hall–Kier alpha value is -2.15. The summed E-state index contributed by atoms with van der Waals surface area (Å²) in [7, 11) is 0. The molecule has 1 aromatic rings. The van der Waals surface area contributed by atoms with Crippen molar-refractivity contribution in [2.75, 3.05) is 11.9 Å². The minimum Gasteiger partial charge on any atom is -0.388 e. The molecule has 0 radical (unpaired) electrons. The van der Waals surface area contributed by atoms with Crippen LogP contribution in [0.25, 0.3) is 0 Å². The molecule has 7 heteroatoms. The molecule has 1 saturated carbocycles. The smallest absolute Gasteiger partial charge is 0.319 e. The number of hydrogen-bond acceptors (Lipinski definition) is 4. The Morgan fingerprint density at radius 3 is 2.71 bits per heavy atom. The fraction of sp³-hybridized carbons (Fsp3) is 0.500. The van der Waals surface area contributed by atoms with Gasteiger partial charge >= 0.3 is 6.03 Å². The third-order valence-electron chi connectivity index (χ3n) is 3.78. The summed E-state index contributed by atoms with van der Waals surface area (Å²) in [6.45, 7) is 2.02. The molecule has 1 aromatic carbocycles. The predicted molar refractivity (Wildman–Crippen MR) is 78.3 cm³/mol.